The van der Waals surface area contributed by atoms with Crippen LogP contribution in [0.3, 0.4) is 0 Å². The fourth-order valence-corrected chi connectivity index (χ4v) is 6.28. The Labute approximate surface area is 210 Å². The zero-order chi connectivity index (χ0) is 25.2. The summed E-state index contributed by atoms with van der Waals surface area (Å²) in [6.07, 6.45) is 4.99. The minimum Gasteiger partial charge on any atom is -0.352 e. The number of nitrogens with one attached hydrogen (secondary N) is 1. The normalized spacial score (nSPS) is 18.1. The van der Waals surface area contributed by atoms with Crippen molar-refractivity contribution in [1.29, 1.82) is 0 Å². The van der Waals surface area contributed by atoms with E-state index in [1.54, 1.807) is 37.3 Å². The van der Waals surface area contributed by atoms with Gasteiger partial charge in [-0.15, -0.1) is 0 Å². The number of carbonyl (C=O) groups excluding carboxylic acids is 3. The Kier molecular flexibility index (Phi) is 7.47. The zero-order valence-electron chi connectivity index (χ0n) is 19.4. The Hall–Kier alpha value is -2.91. The molecule has 1 aliphatic heterocycles. The molecule has 1 aliphatic carbocycles. The van der Waals surface area contributed by atoms with E-state index in [0.29, 0.717) is 14.9 Å². The fraction of sp³-hybridized carbons (Fsp3) is 0.400. The molecule has 8 nitrogen and oxygen atoms in total. The highest BCUT2D eigenvalue weighted by atomic mass is 35.5. The van der Waals surface area contributed by atoms with Crippen molar-refractivity contribution in [2.75, 3.05) is 6.54 Å². The average Bonchev–Trinajstić information content (AvgIpc) is 3.04. The summed E-state index contributed by atoms with van der Waals surface area (Å²) >= 11 is 6.31. The van der Waals surface area contributed by atoms with Crippen LogP contribution < -0.4 is 5.32 Å². The number of hydrogen-bond donors (Lipinski definition) is 1. The number of hydrogen-bond acceptors (Lipinski definition) is 5. The van der Waals surface area contributed by atoms with Crippen LogP contribution >= 0.6 is 11.6 Å². The van der Waals surface area contributed by atoms with Crippen LogP contribution in [0.25, 0.3) is 0 Å². The number of rotatable bonds is 7. The molecule has 1 N–H and O–H groups in total. The number of fused-ring (bicyclic) bond motifs is 1. The summed E-state index contributed by atoms with van der Waals surface area (Å²) in [4.78, 5) is 40.6. The Morgan fingerprint density at radius 3 is 2.43 bits per heavy atom. The molecule has 1 heterocycles. The Balaban J connectivity index is 1.58. The van der Waals surface area contributed by atoms with Crippen LogP contribution in [0, 0.1) is 0 Å². The number of sulfonamides is 1. The van der Waals surface area contributed by atoms with E-state index in [1.807, 2.05) is 0 Å². The zero-order valence-corrected chi connectivity index (χ0v) is 21.0. The lowest BCUT2D eigenvalue weighted by molar-refractivity contribution is -0.140. The second-order valence-electron chi connectivity index (χ2n) is 8.95. The van der Waals surface area contributed by atoms with Gasteiger partial charge in [0, 0.05) is 17.6 Å². The third-order valence-corrected chi connectivity index (χ3v) is 8.76. The first-order valence-corrected chi connectivity index (χ1v) is 13.5. The van der Waals surface area contributed by atoms with Gasteiger partial charge < -0.3 is 10.2 Å². The van der Waals surface area contributed by atoms with Gasteiger partial charge in [0.2, 0.25) is 11.8 Å². The van der Waals surface area contributed by atoms with Gasteiger partial charge >= 0.3 is 0 Å². The second-order valence-corrected chi connectivity index (χ2v) is 11.2. The van der Waals surface area contributed by atoms with Gasteiger partial charge in [-0.3, -0.25) is 14.4 Å². The third-order valence-electron chi connectivity index (χ3n) is 6.61. The summed E-state index contributed by atoms with van der Waals surface area (Å²) in [5.41, 5.74) is 0.639. The summed E-state index contributed by atoms with van der Waals surface area (Å²) in [6, 6.07) is 11.9. The number of amides is 3. The minimum atomic E-state index is -4.16. The van der Waals surface area contributed by atoms with E-state index in [1.165, 1.54) is 23.1 Å². The first kappa shape index (κ1) is 25.2. The number of benzene rings is 2. The molecule has 2 aromatic carbocycles. The number of carbonyl (C=O) groups is 3. The molecular formula is C25H28ClN3O5S. The van der Waals surface area contributed by atoms with Gasteiger partial charge in [0.25, 0.3) is 15.9 Å². The monoisotopic (exact) mass is 517 g/mol. The predicted molar refractivity (Wildman–Crippen MR) is 131 cm³/mol. The van der Waals surface area contributed by atoms with E-state index in [4.69, 9.17) is 11.6 Å². The van der Waals surface area contributed by atoms with Gasteiger partial charge in [-0.05, 0) is 43.5 Å². The van der Waals surface area contributed by atoms with E-state index < -0.39 is 34.4 Å². The molecule has 0 radical (unpaired) electrons. The van der Waals surface area contributed by atoms with Crippen molar-refractivity contribution in [3.63, 3.8) is 0 Å². The van der Waals surface area contributed by atoms with Crippen molar-refractivity contribution in [3.8, 4) is 0 Å². The Morgan fingerprint density at radius 1 is 1.09 bits per heavy atom. The predicted octanol–water partition coefficient (Wildman–Crippen LogP) is 3.35. The van der Waals surface area contributed by atoms with Gasteiger partial charge in [-0.2, -0.15) is 0 Å². The highest BCUT2D eigenvalue weighted by molar-refractivity contribution is 7.90. The highest BCUT2D eigenvalue weighted by Gasteiger charge is 2.43. The Bertz CT molecular complexity index is 1240. The van der Waals surface area contributed by atoms with Crippen LogP contribution in [0.4, 0.5) is 0 Å². The van der Waals surface area contributed by atoms with E-state index >= 15 is 0 Å². The van der Waals surface area contributed by atoms with Gasteiger partial charge in [0.1, 0.15) is 17.5 Å². The maximum atomic E-state index is 13.5. The lowest BCUT2D eigenvalue weighted by atomic mass is 9.95. The maximum absolute atomic E-state index is 13.5. The first-order chi connectivity index (χ1) is 16.7. The molecule has 1 fully saturated rings. The summed E-state index contributed by atoms with van der Waals surface area (Å²) in [6.45, 7) is 0.885. The summed E-state index contributed by atoms with van der Waals surface area (Å²) in [7, 11) is -4.16. The fourth-order valence-electron chi connectivity index (χ4n) is 4.56. The van der Waals surface area contributed by atoms with E-state index in [2.05, 4.69) is 5.32 Å². The van der Waals surface area contributed by atoms with Crippen molar-refractivity contribution in [1.82, 2.24) is 14.5 Å². The molecule has 0 spiro atoms. The lowest BCUT2D eigenvalue weighted by Gasteiger charge is -2.32. The lowest BCUT2D eigenvalue weighted by Crippen LogP contribution is -2.52. The van der Waals surface area contributed by atoms with Crippen LogP contribution in [0.5, 0.6) is 0 Å². The Morgan fingerprint density at radius 2 is 1.74 bits per heavy atom. The molecule has 186 valence electrons. The van der Waals surface area contributed by atoms with Crippen LogP contribution in [-0.2, 0) is 26.2 Å². The molecule has 1 unspecified atom stereocenters. The van der Waals surface area contributed by atoms with Gasteiger partial charge in [-0.25, -0.2) is 12.7 Å². The van der Waals surface area contributed by atoms with Crippen LogP contribution in [0.15, 0.2) is 53.4 Å². The maximum Gasteiger partial charge on any atom is 0.269 e. The number of nitrogens with zero attached hydrogens (tertiary/aromatic N) is 2. The standard InChI is InChI=1S/C25H28ClN3O5S/c1-17(24(31)27-19-10-3-2-4-11-19)28(15-18-9-5-7-13-21(18)26)23(30)16-29-25(32)20-12-6-8-14-22(20)35(29,33)34/h5-9,12-14,17,19H,2-4,10-11,15-16H2,1H3,(H,27,31). The minimum absolute atomic E-state index is 0.00716. The molecule has 2 aliphatic rings. The van der Waals surface area contributed by atoms with Gasteiger partial charge in [0.15, 0.2) is 0 Å². The van der Waals surface area contributed by atoms with Crippen molar-refractivity contribution in [2.45, 2.75) is 62.6 Å². The molecule has 3 amide bonds. The van der Waals surface area contributed by atoms with E-state index in [-0.39, 0.29) is 29.0 Å². The second kappa shape index (κ2) is 10.4. The smallest absolute Gasteiger partial charge is 0.269 e. The van der Waals surface area contributed by atoms with E-state index in [9.17, 15) is 22.8 Å². The van der Waals surface area contributed by atoms with Crippen molar-refractivity contribution >= 4 is 39.3 Å². The van der Waals surface area contributed by atoms with Crippen LogP contribution in [0.1, 0.15) is 54.9 Å². The van der Waals surface area contributed by atoms with Crippen LogP contribution in [-0.4, -0.2) is 54.0 Å². The molecule has 4 rings (SSSR count). The number of halogens is 1. The first-order valence-electron chi connectivity index (χ1n) is 11.7. The highest BCUT2D eigenvalue weighted by Crippen LogP contribution is 2.30. The van der Waals surface area contributed by atoms with Crippen molar-refractivity contribution in [3.05, 3.63) is 64.7 Å². The van der Waals surface area contributed by atoms with Crippen LogP contribution in [0.2, 0.25) is 5.02 Å². The average molecular weight is 518 g/mol. The van der Waals surface area contributed by atoms with Gasteiger partial charge in [0.05, 0.1) is 5.56 Å². The molecule has 0 aromatic heterocycles. The summed E-state index contributed by atoms with van der Waals surface area (Å²) in [5, 5.41) is 3.44. The molecule has 2 aromatic rings. The molecule has 0 bridgehead atoms. The quantitative estimate of drug-likeness (QED) is 0.606. The van der Waals surface area contributed by atoms with Crippen molar-refractivity contribution < 1.29 is 22.8 Å². The molecule has 10 heteroatoms. The summed E-state index contributed by atoms with van der Waals surface area (Å²) < 4.78 is 26.5. The summed E-state index contributed by atoms with van der Waals surface area (Å²) in [5.74, 6) is -1.75. The molecule has 1 atom stereocenters. The molecule has 1 saturated carbocycles. The molecular weight excluding hydrogens is 490 g/mol. The topological polar surface area (TPSA) is 104 Å². The molecule has 35 heavy (non-hydrogen) atoms. The van der Waals surface area contributed by atoms with Crippen molar-refractivity contribution in [2.24, 2.45) is 0 Å². The van der Waals surface area contributed by atoms with E-state index in [0.717, 1.165) is 32.1 Å². The largest absolute Gasteiger partial charge is 0.352 e. The third kappa shape index (κ3) is 5.21. The SMILES string of the molecule is CC(C(=O)NC1CCCCC1)N(Cc1ccccc1Cl)C(=O)CN1C(=O)c2ccccc2S1(=O)=O. The molecule has 0 saturated heterocycles. The van der Waals surface area contributed by atoms with Gasteiger partial charge in [-0.1, -0.05) is 61.2 Å².